The first-order chi connectivity index (χ1) is 7.15. The predicted octanol–water partition coefficient (Wildman–Crippen LogP) is 0.190. The van der Waals surface area contributed by atoms with E-state index >= 15 is 0 Å². The summed E-state index contributed by atoms with van der Waals surface area (Å²) in [5.74, 6) is 0.128. The Balaban J connectivity index is 2.63. The van der Waals surface area contributed by atoms with Crippen LogP contribution in [0.4, 0.5) is 0 Å². The summed E-state index contributed by atoms with van der Waals surface area (Å²) in [7, 11) is 0. The highest BCUT2D eigenvalue weighted by Gasteiger charge is 2.15. The van der Waals surface area contributed by atoms with E-state index in [4.69, 9.17) is 5.73 Å². The highest BCUT2D eigenvalue weighted by Crippen LogP contribution is 2.01. The van der Waals surface area contributed by atoms with Gasteiger partial charge in [-0.05, 0) is 5.92 Å². The lowest BCUT2D eigenvalue weighted by Crippen LogP contribution is -2.43. The zero-order valence-electron chi connectivity index (χ0n) is 8.97. The molecule has 0 aliphatic heterocycles. The van der Waals surface area contributed by atoms with Crippen LogP contribution < -0.4 is 11.1 Å². The molecule has 1 amide bonds. The molecule has 82 valence electrons. The Hall–Kier alpha value is -1.49. The lowest BCUT2D eigenvalue weighted by atomic mass is 10.0. The summed E-state index contributed by atoms with van der Waals surface area (Å²) in [5.41, 5.74) is 6.01. The van der Waals surface area contributed by atoms with Crippen molar-refractivity contribution in [3.8, 4) is 0 Å². The van der Waals surface area contributed by atoms with Crippen molar-refractivity contribution in [1.29, 1.82) is 0 Å². The quantitative estimate of drug-likeness (QED) is 0.740. The minimum atomic E-state index is -0.181. The summed E-state index contributed by atoms with van der Waals surface area (Å²) in [6, 6.07) is -0.0160. The van der Waals surface area contributed by atoms with Crippen LogP contribution in [0.5, 0.6) is 0 Å². The third-order valence-corrected chi connectivity index (χ3v) is 2.20. The fraction of sp³-hybridized carbons (Fsp3) is 0.500. The fourth-order valence-electron chi connectivity index (χ4n) is 1.17. The molecule has 1 rings (SSSR count). The lowest BCUT2D eigenvalue weighted by molar-refractivity contribution is 0.0927. The van der Waals surface area contributed by atoms with Gasteiger partial charge in [0.1, 0.15) is 6.33 Å². The van der Waals surface area contributed by atoms with Crippen molar-refractivity contribution in [3.63, 3.8) is 0 Å². The lowest BCUT2D eigenvalue weighted by Gasteiger charge is -2.20. The van der Waals surface area contributed by atoms with E-state index in [1.54, 1.807) is 0 Å². The van der Waals surface area contributed by atoms with Crippen LogP contribution in [-0.4, -0.2) is 28.5 Å². The number of carbonyl (C=O) groups is 1. The molecule has 0 aliphatic carbocycles. The molecule has 15 heavy (non-hydrogen) atoms. The molecule has 0 saturated carbocycles. The number of aromatic nitrogens is 2. The van der Waals surface area contributed by atoms with Crippen LogP contribution in [-0.2, 0) is 0 Å². The summed E-state index contributed by atoms with van der Waals surface area (Å²) >= 11 is 0. The van der Waals surface area contributed by atoms with Gasteiger partial charge in [-0.25, -0.2) is 9.97 Å². The topological polar surface area (TPSA) is 80.9 Å². The normalized spacial score (nSPS) is 12.5. The van der Waals surface area contributed by atoms with Crippen LogP contribution in [0.25, 0.3) is 0 Å². The van der Waals surface area contributed by atoms with Crippen molar-refractivity contribution >= 4 is 5.91 Å². The number of nitrogens with zero attached hydrogens (tertiary/aromatic N) is 2. The number of nitrogens with one attached hydrogen (secondary N) is 1. The Labute approximate surface area is 89.1 Å². The van der Waals surface area contributed by atoms with E-state index in [1.165, 1.54) is 18.7 Å². The third kappa shape index (κ3) is 3.28. The smallest absolute Gasteiger partial charge is 0.254 e. The van der Waals surface area contributed by atoms with Gasteiger partial charge in [-0.2, -0.15) is 0 Å². The second-order valence-corrected chi connectivity index (χ2v) is 3.69. The Morgan fingerprint density at radius 1 is 1.47 bits per heavy atom. The van der Waals surface area contributed by atoms with Crippen molar-refractivity contribution in [2.24, 2.45) is 11.7 Å². The summed E-state index contributed by atoms with van der Waals surface area (Å²) in [6.07, 6.45) is 4.35. The minimum Gasteiger partial charge on any atom is -0.348 e. The molecule has 0 aromatic carbocycles. The van der Waals surface area contributed by atoms with E-state index in [9.17, 15) is 4.79 Å². The molecular formula is C10H16N4O. The molecule has 0 spiro atoms. The van der Waals surface area contributed by atoms with Gasteiger partial charge in [-0.3, -0.25) is 4.79 Å². The molecule has 0 saturated heterocycles. The van der Waals surface area contributed by atoms with Gasteiger partial charge in [0.25, 0.3) is 5.91 Å². The van der Waals surface area contributed by atoms with E-state index in [0.717, 1.165) is 0 Å². The van der Waals surface area contributed by atoms with Crippen molar-refractivity contribution in [2.45, 2.75) is 19.9 Å². The van der Waals surface area contributed by atoms with Crippen molar-refractivity contribution in [3.05, 3.63) is 24.3 Å². The molecule has 1 unspecified atom stereocenters. The van der Waals surface area contributed by atoms with Gasteiger partial charge in [0.2, 0.25) is 0 Å². The maximum absolute atomic E-state index is 11.7. The summed E-state index contributed by atoms with van der Waals surface area (Å²) in [6.45, 7) is 4.45. The first kappa shape index (κ1) is 11.6. The van der Waals surface area contributed by atoms with Crippen LogP contribution in [0, 0.1) is 5.92 Å². The average molecular weight is 208 g/mol. The van der Waals surface area contributed by atoms with Gasteiger partial charge in [-0.15, -0.1) is 0 Å². The van der Waals surface area contributed by atoms with Gasteiger partial charge < -0.3 is 11.1 Å². The number of rotatable bonds is 4. The molecule has 0 fully saturated rings. The van der Waals surface area contributed by atoms with Crippen molar-refractivity contribution in [1.82, 2.24) is 15.3 Å². The van der Waals surface area contributed by atoms with Crippen molar-refractivity contribution in [2.75, 3.05) is 6.54 Å². The maximum atomic E-state index is 11.7. The van der Waals surface area contributed by atoms with Gasteiger partial charge in [-0.1, -0.05) is 13.8 Å². The molecule has 3 N–H and O–H groups in total. The summed E-state index contributed by atoms with van der Waals surface area (Å²) in [5, 5.41) is 2.84. The highest BCUT2D eigenvalue weighted by molar-refractivity contribution is 5.93. The van der Waals surface area contributed by atoms with Crippen LogP contribution in [0.1, 0.15) is 24.2 Å². The van der Waals surface area contributed by atoms with E-state index < -0.39 is 0 Å². The Morgan fingerprint density at radius 2 is 2.07 bits per heavy atom. The van der Waals surface area contributed by atoms with Crippen LogP contribution in [0.2, 0.25) is 0 Å². The molecule has 5 nitrogen and oxygen atoms in total. The monoisotopic (exact) mass is 208 g/mol. The molecule has 1 heterocycles. The van der Waals surface area contributed by atoms with Gasteiger partial charge in [0.15, 0.2) is 0 Å². The molecule has 0 radical (unpaired) electrons. The first-order valence-electron chi connectivity index (χ1n) is 4.91. The molecular weight excluding hydrogens is 192 g/mol. The molecule has 0 aliphatic rings. The van der Waals surface area contributed by atoms with Crippen LogP contribution in [0.15, 0.2) is 18.7 Å². The van der Waals surface area contributed by atoms with Gasteiger partial charge in [0, 0.05) is 25.0 Å². The first-order valence-corrected chi connectivity index (χ1v) is 4.91. The summed E-state index contributed by atoms with van der Waals surface area (Å²) < 4.78 is 0. The fourth-order valence-corrected chi connectivity index (χ4v) is 1.17. The second kappa shape index (κ2) is 5.41. The SMILES string of the molecule is CC(C)C(CN)NC(=O)c1cncnc1. The number of nitrogens with two attached hydrogens (primary N) is 1. The highest BCUT2D eigenvalue weighted by atomic mass is 16.1. The number of carbonyl (C=O) groups excluding carboxylic acids is 1. The molecule has 1 aromatic heterocycles. The molecule has 5 heteroatoms. The maximum Gasteiger partial charge on any atom is 0.254 e. The second-order valence-electron chi connectivity index (χ2n) is 3.69. The van der Waals surface area contributed by atoms with Crippen LogP contribution >= 0.6 is 0 Å². The molecule has 1 aromatic rings. The zero-order chi connectivity index (χ0) is 11.3. The van der Waals surface area contributed by atoms with E-state index in [0.29, 0.717) is 18.0 Å². The largest absolute Gasteiger partial charge is 0.348 e. The summed E-state index contributed by atoms with van der Waals surface area (Å²) in [4.78, 5) is 19.2. The zero-order valence-corrected chi connectivity index (χ0v) is 8.97. The van der Waals surface area contributed by atoms with Crippen LogP contribution in [0.3, 0.4) is 0 Å². The van der Waals surface area contributed by atoms with E-state index in [1.807, 2.05) is 13.8 Å². The predicted molar refractivity (Wildman–Crippen MR) is 57.2 cm³/mol. The Bertz CT molecular complexity index is 312. The standard InChI is InChI=1S/C10H16N4O/c1-7(2)9(3-11)14-10(15)8-4-12-6-13-5-8/h4-7,9H,3,11H2,1-2H3,(H,14,15). The third-order valence-electron chi connectivity index (χ3n) is 2.20. The molecule has 1 atom stereocenters. The Morgan fingerprint density at radius 3 is 2.53 bits per heavy atom. The molecule has 0 bridgehead atoms. The van der Waals surface area contributed by atoms with E-state index in [-0.39, 0.29) is 11.9 Å². The van der Waals surface area contributed by atoms with Gasteiger partial charge >= 0.3 is 0 Å². The Kier molecular flexibility index (Phi) is 4.17. The average Bonchev–Trinajstić information content (AvgIpc) is 2.26. The number of amides is 1. The van der Waals surface area contributed by atoms with E-state index in [2.05, 4.69) is 15.3 Å². The minimum absolute atomic E-state index is 0.0160. The van der Waals surface area contributed by atoms with Crippen molar-refractivity contribution < 1.29 is 4.79 Å². The number of hydrogen-bond acceptors (Lipinski definition) is 4. The van der Waals surface area contributed by atoms with Gasteiger partial charge in [0.05, 0.1) is 5.56 Å². The number of hydrogen-bond donors (Lipinski definition) is 2.